The van der Waals surface area contributed by atoms with Gasteiger partial charge in [-0.25, -0.2) is 0 Å². The van der Waals surface area contributed by atoms with Crippen molar-refractivity contribution in [2.75, 3.05) is 6.54 Å². The summed E-state index contributed by atoms with van der Waals surface area (Å²) in [6.07, 6.45) is 2.29. The van der Waals surface area contributed by atoms with Crippen LogP contribution in [0.25, 0.3) is 0 Å². The van der Waals surface area contributed by atoms with Crippen molar-refractivity contribution in [3.8, 4) is 0 Å². The Balaban J connectivity index is 1.34. The molecule has 1 N–H and O–H groups in total. The number of hydrogen-bond donors (Lipinski definition) is 1. The molecule has 2 aliphatic heterocycles. The Morgan fingerprint density at radius 1 is 0.882 bits per heavy atom. The Labute approximate surface area is 197 Å². The summed E-state index contributed by atoms with van der Waals surface area (Å²) in [7, 11) is 0. The average molecular weight is 457 g/mol. The summed E-state index contributed by atoms with van der Waals surface area (Å²) >= 11 is 0. The molecule has 0 saturated carbocycles. The quantitative estimate of drug-likeness (QED) is 0.549. The second-order valence-corrected chi connectivity index (χ2v) is 8.36. The largest absolute Gasteiger partial charge is 0.351 e. The summed E-state index contributed by atoms with van der Waals surface area (Å²) in [4.78, 5) is 50.6. The predicted octanol–water partition coefficient (Wildman–Crippen LogP) is 2.24. The number of nitrogens with one attached hydrogen (secondary N) is 1. The van der Waals surface area contributed by atoms with Gasteiger partial charge in [-0.1, -0.05) is 60.7 Å². The number of carbonyl (C=O) groups excluding carboxylic acids is 3. The Morgan fingerprint density at radius 2 is 1.53 bits per heavy atom. The molecule has 0 radical (unpaired) electrons. The first-order valence-corrected chi connectivity index (χ1v) is 11.1. The minimum atomic E-state index is -0.962. The summed E-state index contributed by atoms with van der Waals surface area (Å²) in [5.41, 5.74) is 2.60. The highest BCUT2D eigenvalue weighted by molar-refractivity contribution is 6.07. The molecule has 2 fully saturated rings. The molecule has 3 unspecified atom stereocenters. The first-order valence-electron chi connectivity index (χ1n) is 11.1. The van der Waals surface area contributed by atoms with Gasteiger partial charge in [-0.05, 0) is 28.8 Å². The van der Waals surface area contributed by atoms with Crippen molar-refractivity contribution in [3.05, 3.63) is 102 Å². The maximum absolute atomic E-state index is 13.4. The minimum Gasteiger partial charge on any atom is -0.351 e. The summed E-state index contributed by atoms with van der Waals surface area (Å²) in [6.45, 7) is 0.463. The third kappa shape index (κ3) is 4.33. The Kier molecular flexibility index (Phi) is 6.16. The van der Waals surface area contributed by atoms with E-state index < -0.39 is 18.1 Å². The van der Waals surface area contributed by atoms with Crippen molar-refractivity contribution >= 4 is 17.7 Å². The van der Waals surface area contributed by atoms with Gasteiger partial charge in [0.2, 0.25) is 11.8 Å². The number of benzene rings is 2. The Hall–Kier alpha value is -3.88. The van der Waals surface area contributed by atoms with Crippen LogP contribution in [-0.2, 0) is 32.3 Å². The van der Waals surface area contributed by atoms with E-state index >= 15 is 0 Å². The van der Waals surface area contributed by atoms with Crippen molar-refractivity contribution < 1.29 is 19.2 Å². The van der Waals surface area contributed by atoms with Gasteiger partial charge in [0.1, 0.15) is 6.54 Å². The number of carbonyl (C=O) groups is 3. The molecule has 8 nitrogen and oxygen atoms in total. The topological polar surface area (TPSA) is 91.8 Å². The maximum atomic E-state index is 13.4. The number of likely N-dealkylation sites (tertiary alicyclic amines) is 1. The monoisotopic (exact) mass is 456 g/mol. The highest BCUT2D eigenvalue weighted by atomic mass is 16.7. The molecular weight excluding hydrogens is 432 g/mol. The number of pyridine rings is 1. The Bertz CT molecular complexity index is 1170. The molecule has 3 atom stereocenters. The van der Waals surface area contributed by atoms with Crippen molar-refractivity contribution in [1.29, 1.82) is 0 Å². The predicted molar refractivity (Wildman–Crippen MR) is 122 cm³/mol. The fourth-order valence-electron chi connectivity index (χ4n) is 4.51. The number of nitrogens with zero attached hydrogens (tertiary/aromatic N) is 3. The second-order valence-electron chi connectivity index (χ2n) is 8.36. The van der Waals surface area contributed by atoms with Crippen LogP contribution in [0.2, 0.25) is 0 Å². The van der Waals surface area contributed by atoms with Crippen LogP contribution in [0.15, 0.2) is 85.2 Å². The van der Waals surface area contributed by atoms with Gasteiger partial charge in [-0.15, -0.1) is 0 Å². The van der Waals surface area contributed by atoms with E-state index in [1.807, 2.05) is 60.7 Å². The summed E-state index contributed by atoms with van der Waals surface area (Å²) in [5, 5.41) is 4.33. The SMILES string of the molecule is O=C(CN1OC2C(=O)N(Cc3ccccc3)C(=O)C2C1c1ccncc1)NCc1ccccc1. The number of amides is 3. The van der Waals surface area contributed by atoms with Crippen molar-refractivity contribution in [1.82, 2.24) is 20.3 Å². The van der Waals surface area contributed by atoms with E-state index in [4.69, 9.17) is 4.84 Å². The molecule has 0 spiro atoms. The van der Waals surface area contributed by atoms with E-state index in [0.717, 1.165) is 16.7 Å². The standard InChI is InChI=1S/C26H24N4O4/c31-21(28-15-18-7-3-1-4-8-18)17-30-23(20-11-13-27-14-12-20)22-24(34-30)26(33)29(25(22)32)16-19-9-5-2-6-10-19/h1-14,22-24H,15-17H2,(H,28,31). The highest BCUT2D eigenvalue weighted by Gasteiger charge is 2.59. The third-order valence-electron chi connectivity index (χ3n) is 6.15. The van der Waals surface area contributed by atoms with Gasteiger partial charge in [0.25, 0.3) is 5.91 Å². The minimum absolute atomic E-state index is 0.105. The number of fused-ring (bicyclic) bond motifs is 1. The van der Waals surface area contributed by atoms with Crippen LogP contribution in [0.4, 0.5) is 0 Å². The van der Waals surface area contributed by atoms with Crippen molar-refractivity contribution in [2.45, 2.75) is 25.2 Å². The highest BCUT2D eigenvalue weighted by Crippen LogP contribution is 2.44. The lowest BCUT2D eigenvalue weighted by Gasteiger charge is -2.26. The van der Waals surface area contributed by atoms with E-state index in [9.17, 15) is 14.4 Å². The molecule has 0 aliphatic carbocycles. The lowest BCUT2D eigenvalue weighted by Crippen LogP contribution is -2.40. The third-order valence-corrected chi connectivity index (χ3v) is 6.15. The smallest absolute Gasteiger partial charge is 0.261 e. The lowest BCUT2D eigenvalue weighted by molar-refractivity contribution is -0.182. The number of imide groups is 1. The van der Waals surface area contributed by atoms with Crippen LogP contribution in [0.1, 0.15) is 22.7 Å². The van der Waals surface area contributed by atoms with Crippen molar-refractivity contribution in [2.24, 2.45) is 5.92 Å². The normalized spacial score (nSPS) is 22.1. The zero-order valence-corrected chi connectivity index (χ0v) is 18.4. The van der Waals surface area contributed by atoms with Crippen LogP contribution in [-0.4, -0.2) is 45.3 Å². The zero-order valence-electron chi connectivity index (χ0n) is 18.4. The fraction of sp³-hybridized carbons (Fsp3) is 0.231. The summed E-state index contributed by atoms with van der Waals surface area (Å²) in [6, 6.07) is 21.9. The van der Waals surface area contributed by atoms with Crippen LogP contribution >= 0.6 is 0 Å². The van der Waals surface area contributed by atoms with Gasteiger partial charge in [-0.2, -0.15) is 5.06 Å². The zero-order chi connectivity index (χ0) is 23.5. The van der Waals surface area contributed by atoms with Crippen LogP contribution < -0.4 is 5.32 Å². The summed E-state index contributed by atoms with van der Waals surface area (Å²) in [5.74, 6) is -1.68. The molecule has 0 bridgehead atoms. The molecule has 2 saturated heterocycles. The van der Waals surface area contributed by atoms with Crippen LogP contribution in [0.3, 0.4) is 0 Å². The fourth-order valence-corrected chi connectivity index (χ4v) is 4.51. The van der Waals surface area contributed by atoms with E-state index in [2.05, 4.69) is 10.3 Å². The molecule has 8 heteroatoms. The van der Waals surface area contributed by atoms with Gasteiger partial charge < -0.3 is 5.32 Å². The molecule has 3 heterocycles. The first-order chi connectivity index (χ1) is 16.6. The molecule has 2 aliphatic rings. The van der Waals surface area contributed by atoms with Gasteiger partial charge >= 0.3 is 0 Å². The van der Waals surface area contributed by atoms with Crippen LogP contribution in [0, 0.1) is 5.92 Å². The van der Waals surface area contributed by atoms with E-state index in [-0.39, 0.29) is 30.8 Å². The number of rotatable bonds is 7. The van der Waals surface area contributed by atoms with E-state index in [1.165, 1.54) is 9.96 Å². The number of hydrogen-bond acceptors (Lipinski definition) is 6. The van der Waals surface area contributed by atoms with Crippen molar-refractivity contribution in [3.63, 3.8) is 0 Å². The molecule has 1 aromatic heterocycles. The first kappa shape index (κ1) is 21.9. The number of hydroxylamine groups is 2. The molecule has 5 rings (SSSR count). The van der Waals surface area contributed by atoms with Gasteiger partial charge in [0.15, 0.2) is 6.10 Å². The molecule has 3 aromatic rings. The average Bonchev–Trinajstić information content (AvgIpc) is 3.35. The molecular formula is C26H24N4O4. The Morgan fingerprint density at radius 3 is 2.21 bits per heavy atom. The molecule has 2 aromatic carbocycles. The summed E-state index contributed by atoms with van der Waals surface area (Å²) < 4.78 is 0. The molecule has 34 heavy (non-hydrogen) atoms. The van der Waals surface area contributed by atoms with E-state index in [1.54, 1.807) is 24.5 Å². The van der Waals surface area contributed by atoms with Crippen LogP contribution in [0.5, 0.6) is 0 Å². The lowest BCUT2D eigenvalue weighted by atomic mass is 9.91. The van der Waals surface area contributed by atoms with Gasteiger partial charge in [0.05, 0.1) is 18.5 Å². The molecule has 3 amide bonds. The maximum Gasteiger partial charge on any atom is 0.261 e. The second kappa shape index (κ2) is 9.54. The van der Waals surface area contributed by atoms with Gasteiger partial charge in [-0.3, -0.25) is 29.1 Å². The van der Waals surface area contributed by atoms with E-state index in [0.29, 0.717) is 6.54 Å². The van der Waals surface area contributed by atoms with Gasteiger partial charge in [0, 0.05) is 18.9 Å². The number of aromatic nitrogens is 1. The molecule has 172 valence electrons.